The third-order valence-electron chi connectivity index (χ3n) is 3.89. The van der Waals surface area contributed by atoms with Crippen molar-refractivity contribution in [2.45, 2.75) is 19.3 Å². The topological polar surface area (TPSA) is 87.3 Å². The van der Waals surface area contributed by atoms with Crippen molar-refractivity contribution in [2.75, 3.05) is 32.4 Å². The van der Waals surface area contributed by atoms with Gasteiger partial charge in [0.05, 0.1) is 6.26 Å². The standard InChI is InChI=1S/C11H21N3O3S/c1-18(16,17)14-7-6-13-10(15)9-8-11(9)2-4-12-5-3-11/h9,12,14H,2-8H2,1H3,(H,13,15). The summed E-state index contributed by atoms with van der Waals surface area (Å²) in [6, 6.07) is 0. The van der Waals surface area contributed by atoms with Crippen LogP contribution in [-0.4, -0.2) is 46.8 Å². The molecule has 1 atom stereocenters. The molecule has 0 aromatic carbocycles. The molecule has 0 bridgehead atoms. The van der Waals surface area contributed by atoms with Crippen LogP contribution in [0.15, 0.2) is 0 Å². The van der Waals surface area contributed by atoms with Gasteiger partial charge in [0.2, 0.25) is 15.9 Å². The van der Waals surface area contributed by atoms with Gasteiger partial charge >= 0.3 is 0 Å². The molecule has 1 heterocycles. The largest absolute Gasteiger partial charge is 0.355 e. The Kier molecular flexibility index (Phi) is 3.93. The number of sulfonamides is 1. The molecule has 1 spiro atoms. The third kappa shape index (κ3) is 3.43. The van der Waals surface area contributed by atoms with Gasteiger partial charge in [0.25, 0.3) is 0 Å². The van der Waals surface area contributed by atoms with E-state index in [0.717, 1.165) is 38.6 Å². The molecule has 1 aliphatic heterocycles. The molecule has 1 aliphatic carbocycles. The van der Waals surface area contributed by atoms with Crippen molar-refractivity contribution in [3.63, 3.8) is 0 Å². The normalized spacial score (nSPS) is 25.9. The molecule has 2 rings (SSSR count). The molecule has 6 nitrogen and oxygen atoms in total. The molecule has 1 unspecified atom stereocenters. The first-order chi connectivity index (χ1) is 8.43. The lowest BCUT2D eigenvalue weighted by molar-refractivity contribution is -0.123. The number of piperidine rings is 1. The molecule has 3 N–H and O–H groups in total. The maximum absolute atomic E-state index is 11.9. The first-order valence-corrected chi connectivity index (χ1v) is 8.25. The highest BCUT2D eigenvalue weighted by molar-refractivity contribution is 7.88. The van der Waals surface area contributed by atoms with Crippen LogP contribution < -0.4 is 15.4 Å². The molecule has 0 aromatic heterocycles. The SMILES string of the molecule is CS(=O)(=O)NCCNC(=O)C1CC12CCNCC2. The molecule has 1 amide bonds. The Morgan fingerprint density at radius 2 is 2.00 bits per heavy atom. The second-order valence-electron chi connectivity index (χ2n) is 5.33. The van der Waals surface area contributed by atoms with Crippen LogP contribution >= 0.6 is 0 Å². The molecule has 0 radical (unpaired) electrons. The maximum atomic E-state index is 11.9. The van der Waals surface area contributed by atoms with E-state index in [1.54, 1.807) is 0 Å². The number of carbonyl (C=O) groups excluding carboxylic acids is 1. The summed E-state index contributed by atoms with van der Waals surface area (Å²) in [5.41, 5.74) is 0.236. The van der Waals surface area contributed by atoms with E-state index in [9.17, 15) is 13.2 Å². The highest BCUT2D eigenvalue weighted by Crippen LogP contribution is 2.58. The molecule has 104 valence electrons. The summed E-state index contributed by atoms with van der Waals surface area (Å²) in [4.78, 5) is 11.9. The van der Waals surface area contributed by atoms with Crippen LogP contribution in [0.5, 0.6) is 0 Å². The summed E-state index contributed by atoms with van der Waals surface area (Å²) in [6.07, 6.45) is 4.25. The molecule has 1 saturated heterocycles. The zero-order valence-electron chi connectivity index (χ0n) is 10.7. The average Bonchev–Trinajstić information content (AvgIpc) is 2.98. The lowest BCUT2D eigenvalue weighted by Crippen LogP contribution is -2.37. The van der Waals surface area contributed by atoms with Crippen LogP contribution in [0, 0.1) is 11.3 Å². The second kappa shape index (κ2) is 5.14. The smallest absolute Gasteiger partial charge is 0.223 e. The van der Waals surface area contributed by atoms with E-state index < -0.39 is 10.0 Å². The number of hydrogen-bond donors (Lipinski definition) is 3. The fraction of sp³-hybridized carbons (Fsp3) is 0.909. The molecule has 7 heteroatoms. The van der Waals surface area contributed by atoms with Crippen LogP contribution in [0.3, 0.4) is 0 Å². The predicted molar refractivity (Wildman–Crippen MR) is 68.5 cm³/mol. The van der Waals surface area contributed by atoms with Gasteiger partial charge in [-0.3, -0.25) is 4.79 Å². The zero-order chi connectivity index (χ0) is 13.2. The predicted octanol–water partition coefficient (Wildman–Crippen LogP) is -0.958. The van der Waals surface area contributed by atoms with Crippen molar-refractivity contribution < 1.29 is 13.2 Å². The minimum Gasteiger partial charge on any atom is -0.355 e. The monoisotopic (exact) mass is 275 g/mol. The van der Waals surface area contributed by atoms with E-state index in [1.807, 2.05) is 0 Å². The van der Waals surface area contributed by atoms with Gasteiger partial charge in [0.15, 0.2) is 0 Å². The lowest BCUT2D eigenvalue weighted by Gasteiger charge is -2.23. The van der Waals surface area contributed by atoms with E-state index in [4.69, 9.17) is 0 Å². The molecule has 2 aliphatic rings. The Morgan fingerprint density at radius 1 is 1.33 bits per heavy atom. The average molecular weight is 275 g/mol. The van der Waals surface area contributed by atoms with Crippen LogP contribution in [0.2, 0.25) is 0 Å². The molecule has 18 heavy (non-hydrogen) atoms. The van der Waals surface area contributed by atoms with Crippen molar-refractivity contribution in [3.05, 3.63) is 0 Å². The summed E-state index contributed by atoms with van der Waals surface area (Å²) in [6.45, 7) is 2.61. The lowest BCUT2D eigenvalue weighted by atomic mass is 9.92. The quantitative estimate of drug-likeness (QED) is 0.564. The molecular formula is C11H21N3O3S. The molecular weight excluding hydrogens is 254 g/mol. The number of nitrogens with one attached hydrogen (secondary N) is 3. The van der Waals surface area contributed by atoms with Gasteiger partial charge in [0.1, 0.15) is 0 Å². The molecule has 2 fully saturated rings. The third-order valence-corrected chi connectivity index (χ3v) is 4.62. The molecule has 0 aromatic rings. The maximum Gasteiger partial charge on any atom is 0.223 e. The van der Waals surface area contributed by atoms with Crippen molar-refractivity contribution in [2.24, 2.45) is 11.3 Å². The minimum absolute atomic E-state index is 0.0761. The summed E-state index contributed by atoms with van der Waals surface area (Å²) >= 11 is 0. The van der Waals surface area contributed by atoms with E-state index in [2.05, 4.69) is 15.4 Å². The number of rotatable bonds is 5. The fourth-order valence-electron chi connectivity index (χ4n) is 2.74. The van der Waals surface area contributed by atoms with Crippen LogP contribution in [-0.2, 0) is 14.8 Å². The first kappa shape index (κ1) is 13.8. The summed E-state index contributed by atoms with van der Waals surface area (Å²) in [5, 5.41) is 6.10. The zero-order valence-corrected chi connectivity index (χ0v) is 11.5. The Morgan fingerprint density at radius 3 is 2.61 bits per heavy atom. The highest BCUT2D eigenvalue weighted by atomic mass is 32.2. The van der Waals surface area contributed by atoms with Gasteiger partial charge in [-0.25, -0.2) is 13.1 Å². The Hall–Kier alpha value is -0.660. The Balaban J connectivity index is 1.67. The highest BCUT2D eigenvalue weighted by Gasteiger charge is 2.57. The van der Waals surface area contributed by atoms with Gasteiger partial charge in [-0.15, -0.1) is 0 Å². The van der Waals surface area contributed by atoms with E-state index in [0.29, 0.717) is 6.54 Å². The Labute approximate surface area is 108 Å². The number of hydrogen-bond acceptors (Lipinski definition) is 4. The second-order valence-corrected chi connectivity index (χ2v) is 7.16. The minimum atomic E-state index is -3.16. The van der Waals surface area contributed by atoms with Crippen LogP contribution in [0.4, 0.5) is 0 Å². The Bertz CT molecular complexity index is 415. The van der Waals surface area contributed by atoms with Gasteiger partial charge in [-0.2, -0.15) is 0 Å². The van der Waals surface area contributed by atoms with Crippen LogP contribution in [0.1, 0.15) is 19.3 Å². The van der Waals surface area contributed by atoms with Crippen molar-refractivity contribution in [3.8, 4) is 0 Å². The van der Waals surface area contributed by atoms with Crippen molar-refractivity contribution in [1.82, 2.24) is 15.4 Å². The van der Waals surface area contributed by atoms with E-state index in [-0.39, 0.29) is 23.8 Å². The van der Waals surface area contributed by atoms with Gasteiger partial charge in [0, 0.05) is 19.0 Å². The van der Waals surface area contributed by atoms with Crippen LogP contribution in [0.25, 0.3) is 0 Å². The summed E-state index contributed by atoms with van der Waals surface area (Å²) in [5.74, 6) is 0.213. The van der Waals surface area contributed by atoms with Gasteiger partial charge in [-0.05, 0) is 37.8 Å². The number of amides is 1. The van der Waals surface area contributed by atoms with Gasteiger partial charge in [-0.1, -0.05) is 0 Å². The molecule has 1 saturated carbocycles. The van der Waals surface area contributed by atoms with E-state index in [1.165, 1.54) is 0 Å². The van der Waals surface area contributed by atoms with Crippen molar-refractivity contribution in [1.29, 1.82) is 0 Å². The number of carbonyl (C=O) groups is 1. The first-order valence-electron chi connectivity index (χ1n) is 6.36. The summed E-state index contributed by atoms with van der Waals surface area (Å²) < 4.78 is 24.0. The fourth-order valence-corrected chi connectivity index (χ4v) is 3.21. The van der Waals surface area contributed by atoms with Gasteiger partial charge < -0.3 is 10.6 Å². The van der Waals surface area contributed by atoms with E-state index >= 15 is 0 Å². The summed E-state index contributed by atoms with van der Waals surface area (Å²) in [7, 11) is -3.16. The van der Waals surface area contributed by atoms with Crippen molar-refractivity contribution >= 4 is 15.9 Å².